The Labute approximate surface area is 243 Å². The molecule has 11 nitrogen and oxygen atoms in total. The third kappa shape index (κ3) is 6.69. The average Bonchev–Trinajstić information content (AvgIpc) is 3.02. The lowest BCUT2D eigenvalue weighted by Crippen LogP contribution is -2.17. The topological polar surface area (TPSA) is 154 Å². The summed E-state index contributed by atoms with van der Waals surface area (Å²) in [6.07, 6.45) is 1.25. The normalized spacial score (nSPS) is 10.9. The van der Waals surface area contributed by atoms with Crippen molar-refractivity contribution in [3.63, 3.8) is 0 Å². The van der Waals surface area contributed by atoms with Crippen LogP contribution in [0.15, 0.2) is 124 Å². The van der Waals surface area contributed by atoms with Crippen molar-refractivity contribution in [2.24, 2.45) is 5.10 Å². The fraction of sp³-hybridized carbons (Fsp3) is 0. The van der Waals surface area contributed by atoms with Gasteiger partial charge in [-0.3, -0.25) is 25.0 Å². The minimum absolute atomic E-state index is 0.0479. The molecule has 12 heteroatoms. The van der Waals surface area contributed by atoms with E-state index in [0.29, 0.717) is 27.0 Å². The molecule has 0 bridgehead atoms. The third-order valence-corrected chi connectivity index (χ3v) is 6.85. The number of benzene rings is 4. The van der Waals surface area contributed by atoms with Crippen LogP contribution >= 0.6 is 11.8 Å². The Kier molecular flexibility index (Phi) is 8.35. The van der Waals surface area contributed by atoms with Gasteiger partial charge in [0.15, 0.2) is 5.16 Å². The van der Waals surface area contributed by atoms with Crippen molar-refractivity contribution in [1.29, 1.82) is 0 Å². The Bertz CT molecular complexity index is 1760. The Morgan fingerprint density at radius 1 is 0.762 bits per heavy atom. The SMILES string of the molecule is O=C(N/N=C/c1ccc(Sc2nc(-c3ccccc3)cc(-c3ccccc3)n2)c([N+](=O)[O-])c1)c1cccc([N+](=O)[O-])c1. The van der Waals surface area contributed by atoms with Gasteiger partial charge in [0.2, 0.25) is 0 Å². The van der Waals surface area contributed by atoms with Gasteiger partial charge in [0.1, 0.15) is 0 Å². The van der Waals surface area contributed by atoms with Gasteiger partial charge in [0, 0.05) is 40.5 Å². The third-order valence-electron chi connectivity index (χ3n) is 5.92. The molecule has 206 valence electrons. The number of carbonyl (C=O) groups excluding carboxylic acids is 1. The van der Waals surface area contributed by atoms with Crippen LogP contribution in [0, 0.1) is 20.2 Å². The molecule has 0 saturated carbocycles. The predicted octanol–water partition coefficient (Wildman–Crippen LogP) is 6.54. The number of rotatable bonds is 9. The maximum atomic E-state index is 12.3. The lowest BCUT2D eigenvalue weighted by molar-refractivity contribution is -0.387. The van der Waals surface area contributed by atoms with E-state index in [1.165, 1.54) is 30.5 Å². The van der Waals surface area contributed by atoms with Gasteiger partial charge in [-0.1, -0.05) is 72.8 Å². The molecule has 0 aliphatic heterocycles. The molecule has 0 atom stereocenters. The van der Waals surface area contributed by atoms with Crippen molar-refractivity contribution in [2.75, 3.05) is 0 Å². The first-order valence-corrected chi connectivity index (χ1v) is 13.2. The van der Waals surface area contributed by atoms with Gasteiger partial charge in [-0.05, 0) is 30.0 Å². The second-order valence-corrected chi connectivity index (χ2v) is 9.76. The van der Waals surface area contributed by atoms with E-state index in [2.05, 4.69) is 20.5 Å². The molecule has 0 spiro atoms. The Hall–Kier alpha value is -5.75. The number of amides is 1. The van der Waals surface area contributed by atoms with E-state index < -0.39 is 15.8 Å². The fourth-order valence-corrected chi connectivity index (χ4v) is 4.78. The van der Waals surface area contributed by atoms with Crippen LogP contribution < -0.4 is 5.43 Å². The highest BCUT2D eigenvalue weighted by molar-refractivity contribution is 7.99. The number of nitrogens with zero attached hydrogens (tertiary/aromatic N) is 5. The Morgan fingerprint density at radius 3 is 2.00 bits per heavy atom. The van der Waals surface area contributed by atoms with E-state index in [0.717, 1.165) is 29.0 Å². The summed E-state index contributed by atoms with van der Waals surface area (Å²) in [5.74, 6) is -0.665. The molecular weight excluding hydrogens is 556 g/mol. The summed E-state index contributed by atoms with van der Waals surface area (Å²) in [6, 6.07) is 30.7. The summed E-state index contributed by atoms with van der Waals surface area (Å²) in [5, 5.41) is 27.1. The summed E-state index contributed by atoms with van der Waals surface area (Å²) in [5.41, 5.74) is 5.37. The van der Waals surface area contributed by atoms with Gasteiger partial charge in [0.05, 0.1) is 32.3 Å². The number of carbonyl (C=O) groups is 1. The van der Waals surface area contributed by atoms with Gasteiger partial charge < -0.3 is 0 Å². The number of hydrogen-bond acceptors (Lipinski definition) is 9. The number of nitro groups is 2. The second-order valence-electron chi connectivity index (χ2n) is 8.75. The number of hydrazone groups is 1. The van der Waals surface area contributed by atoms with Crippen LogP contribution in [0.1, 0.15) is 15.9 Å². The smallest absolute Gasteiger partial charge is 0.267 e. The molecule has 42 heavy (non-hydrogen) atoms. The van der Waals surface area contributed by atoms with Gasteiger partial charge in [-0.2, -0.15) is 5.10 Å². The van der Waals surface area contributed by atoms with Gasteiger partial charge in [0.25, 0.3) is 17.3 Å². The number of hydrogen-bond donors (Lipinski definition) is 1. The number of aromatic nitrogens is 2. The van der Waals surface area contributed by atoms with Crippen molar-refractivity contribution in [3.05, 3.63) is 141 Å². The van der Waals surface area contributed by atoms with Crippen molar-refractivity contribution in [1.82, 2.24) is 15.4 Å². The first-order chi connectivity index (χ1) is 20.4. The highest BCUT2D eigenvalue weighted by Crippen LogP contribution is 2.35. The van der Waals surface area contributed by atoms with E-state index >= 15 is 0 Å². The molecular formula is C30H20N6O5S. The van der Waals surface area contributed by atoms with Crippen molar-refractivity contribution in [2.45, 2.75) is 10.1 Å². The molecule has 5 aromatic rings. The van der Waals surface area contributed by atoms with E-state index in [1.807, 2.05) is 66.7 Å². The molecule has 0 radical (unpaired) electrons. The molecule has 0 aliphatic carbocycles. The standard InChI is InChI=1S/C30H20N6O5S/c37-29(23-12-7-13-24(17-23)35(38)39)34-31-19-20-14-15-28(27(16-20)36(40)41)42-30-32-25(21-8-3-1-4-9-21)18-26(33-30)22-10-5-2-6-11-22/h1-19H,(H,34,37)/b31-19+. The number of nitro benzene ring substituents is 2. The summed E-state index contributed by atoms with van der Waals surface area (Å²) in [4.78, 5) is 43.8. The molecule has 0 aliphatic rings. The minimum atomic E-state index is -0.665. The molecule has 0 saturated heterocycles. The first kappa shape index (κ1) is 27.8. The first-order valence-electron chi connectivity index (χ1n) is 12.4. The Balaban J connectivity index is 1.40. The average molecular weight is 577 g/mol. The van der Waals surface area contributed by atoms with Crippen LogP contribution in [0.2, 0.25) is 0 Å². The second kappa shape index (κ2) is 12.6. The van der Waals surface area contributed by atoms with Crippen LogP contribution in [0.5, 0.6) is 0 Å². The summed E-state index contributed by atoms with van der Waals surface area (Å²) in [7, 11) is 0. The summed E-state index contributed by atoms with van der Waals surface area (Å²) >= 11 is 1.07. The molecule has 4 aromatic carbocycles. The summed E-state index contributed by atoms with van der Waals surface area (Å²) < 4.78 is 0. The molecule has 1 aromatic heterocycles. The zero-order valence-corrected chi connectivity index (χ0v) is 22.5. The minimum Gasteiger partial charge on any atom is -0.267 e. The molecule has 1 N–H and O–H groups in total. The fourth-order valence-electron chi connectivity index (χ4n) is 3.92. The van der Waals surface area contributed by atoms with Gasteiger partial charge in [-0.15, -0.1) is 0 Å². The predicted molar refractivity (Wildman–Crippen MR) is 158 cm³/mol. The zero-order chi connectivity index (χ0) is 29.5. The quantitative estimate of drug-likeness (QED) is 0.0898. The van der Waals surface area contributed by atoms with Crippen LogP contribution in [0.3, 0.4) is 0 Å². The van der Waals surface area contributed by atoms with Crippen LogP contribution in [0.4, 0.5) is 11.4 Å². The van der Waals surface area contributed by atoms with Crippen molar-refractivity contribution in [3.8, 4) is 22.5 Å². The molecule has 0 fully saturated rings. The van der Waals surface area contributed by atoms with Gasteiger partial charge in [-0.25, -0.2) is 15.4 Å². The zero-order valence-electron chi connectivity index (χ0n) is 21.7. The largest absolute Gasteiger partial charge is 0.283 e. The maximum absolute atomic E-state index is 12.3. The monoisotopic (exact) mass is 576 g/mol. The Morgan fingerprint density at radius 2 is 1.40 bits per heavy atom. The number of non-ortho nitro benzene ring substituents is 1. The van der Waals surface area contributed by atoms with E-state index in [-0.39, 0.29) is 16.9 Å². The van der Waals surface area contributed by atoms with Crippen LogP contribution in [-0.4, -0.2) is 31.9 Å². The van der Waals surface area contributed by atoms with Crippen molar-refractivity contribution < 1.29 is 14.6 Å². The highest BCUT2D eigenvalue weighted by atomic mass is 32.2. The summed E-state index contributed by atoms with van der Waals surface area (Å²) in [6.45, 7) is 0. The molecule has 1 heterocycles. The van der Waals surface area contributed by atoms with Crippen LogP contribution in [-0.2, 0) is 0 Å². The molecule has 1 amide bonds. The lowest BCUT2D eigenvalue weighted by atomic mass is 10.1. The maximum Gasteiger partial charge on any atom is 0.283 e. The van der Waals surface area contributed by atoms with Crippen molar-refractivity contribution >= 4 is 35.3 Å². The van der Waals surface area contributed by atoms with E-state index in [1.54, 1.807) is 12.1 Å². The lowest BCUT2D eigenvalue weighted by Gasteiger charge is -2.09. The molecule has 0 unspecified atom stereocenters. The van der Waals surface area contributed by atoms with E-state index in [9.17, 15) is 25.0 Å². The van der Waals surface area contributed by atoms with E-state index in [4.69, 9.17) is 0 Å². The number of nitrogens with one attached hydrogen (secondary N) is 1. The highest BCUT2D eigenvalue weighted by Gasteiger charge is 2.18. The molecule has 5 rings (SSSR count). The van der Waals surface area contributed by atoms with Gasteiger partial charge >= 0.3 is 0 Å². The van der Waals surface area contributed by atoms with Crippen LogP contribution in [0.25, 0.3) is 22.5 Å².